The van der Waals surface area contributed by atoms with Crippen molar-refractivity contribution in [1.82, 2.24) is 24.6 Å². The van der Waals surface area contributed by atoms with E-state index in [2.05, 4.69) is 21.9 Å². The van der Waals surface area contributed by atoms with Gasteiger partial charge in [0.25, 0.3) is 0 Å². The normalized spacial score (nSPS) is 23.6. The molecule has 0 aromatic carbocycles. The molecule has 2 amide bonds. The lowest BCUT2D eigenvalue weighted by atomic mass is 9.83. The van der Waals surface area contributed by atoms with Crippen LogP contribution in [0.3, 0.4) is 0 Å². The maximum Gasteiger partial charge on any atom is 0.222 e. The second-order valence-electron chi connectivity index (χ2n) is 7.20. The van der Waals surface area contributed by atoms with Gasteiger partial charge in [0.2, 0.25) is 11.8 Å². The molecule has 0 unspecified atom stereocenters. The van der Waals surface area contributed by atoms with Crippen LogP contribution in [-0.2, 0) is 16.1 Å². The van der Waals surface area contributed by atoms with Crippen LogP contribution in [0.25, 0.3) is 0 Å². The minimum Gasteiger partial charge on any atom is -0.342 e. The molecule has 0 spiro atoms. The third kappa shape index (κ3) is 4.38. The van der Waals surface area contributed by atoms with Gasteiger partial charge < -0.3 is 9.80 Å². The van der Waals surface area contributed by atoms with E-state index in [1.165, 1.54) is 6.33 Å². The molecule has 0 N–H and O–H groups in total. The lowest BCUT2D eigenvalue weighted by Gasteiger charge is -2.47. The van der Waals surface area contributed by atoms with Gasteiger partial charge in [-0.2, -0.15) is 5.10 Å². The van der Waals surface area contributed by atoms with Crippen molar-refractivity contribution in [3.05, 3.63) is 12.7 Å². The number of hydrogen-bond donors (Lipinski definition) is 0. The second-order valence-corrected chi connectivity index (χ2v) is 7.20. The highest BCUT2D eigenvalue weighted by atomic mass is 16.2. The Morgan fingerprint density at radius 2 is 2.16 bits per heavy atom. The van der Waals surface area contributed by atoms with Gasteiger partial charge in [0, 0.05) is 45.1 Å². The molecule has 0 aliphatic carbocycles. The van der Waals surface area contributed by atoms with Gasteiger partial charge >= 0.3 is 0 Å². The Hall–Kier alpha value is -1.92. The van der Waals surface area contributed by atoms with Crippen molar-refractivity contribution >= 4 is 11.8 Å². The Balaban J connectivity index is 1.48. The van der Waals surface area contributed by atoms with Crippen LogP contribution in [0.4, 0.5) is 0 Å². The van der Waals surface area contributed by atoms with Crippen molar-refractivity contribution in [1.29, 1.82) is 0 Å². The molecule has 3 heterocycles. The van der Waals surface area contributed by atoms with Gasteiger partial charge in [-0.15, -0.1) is 0 Å². The van der Waals surface area contributed by atoms with E-state index in [4.69, 9.17) is 0 Å². The SMILES string of the molecule is CCCCN1C(=O)CC[C@H]2CN(C(=O)CCCn3cncn3)CC[C@H]21. The average molecular weight is 347 g/mol. The number of fused-ring (bicyclic) bond motifs is 1. The predicted octanol–water partition coefficient (Wildman–Crippen LogP) is 1.70. The lowest BCUT2D eigenvalue weighted by Crippen LogP contribution is -2.57. The first-order chi connectivity index (χ1) is 12.2. The first-order valence-corrected chi connectivity index (χ1v) is 9.58. The van der Waals surface area contributed by atoms with Crippen LogP contribution in [0.15, 0.2) is 12.7 Å². The van der Waals surface area contributed by atoms with Crippen LogP contribution in [-0.4, -0.2) is 62.1 Å². The van der Waals surface area contributed by atoms with E-state index in [-0.39, 0.29) is 5.91 Å². The van der Waals surface area contributed by atoms with Gasteiger partial charge in [-0.1, -0.05) is 13.3 Å². The van der Waals surface area contributed by atoms with Gasteiger partial charge in [-0.05, 0) is 31.6 Å². The molecule has 7 heteroatoms. The zero-order valence-electron chi connectivity index (χ0n) is 15.1. The largest absolute Gasteiger partial charge is 0.342 e. The van der Waals surface area contributed by atoms with Gasteiger partial charge in [-0.3, -0.25) is 14.3 Å². The highest BCUT2D eigenvalue weighted by Gasteiger charge is 2.39. The zero-order chi connectivity index (χ0) is 17.6. The molecule has 2 aliphatic heterocycles. The number of carbonyl (C=O) groups is 2. The number of amides is 2. The maximum atomic E-state index is 12.5. The summed E-state index contributed by atoms with van der Waals surface area (Å²) in [5, 5.41) is 4.06. The van der Waals surface area contributed by atoms with E-state index in [1.54, 1.807) is 11.0 Å². The number of nitrogens with zero attached hydrogens (tertiary/aromatic N) is 5. The molecular weight excluding hydrogens is 318 g/mol. The number of aryl methyl sites for hydroxylation is 1. The van der Waals surface area contributed by atoms with Crippen LogP contribution in [0, 0.1) is 5.92 Å². The third-order valence-electron chi connectivity index (χ3n) is 5.49. The molecule has 0 radical (unpaired) electrons. The standard InChI is InChI=1S/C18H29N5O2/c1-2-3-10-23-16-8-11-21(12-15(16)6-7-18(23)25)17(24)5-4-9-22-14-19-13-20-22/h13-16H,2-12H2,1H3/t15-,16+/m0/s1. The first-order valence-electron chi connectivity index (χ1n) is 9.58. The molecule has 1 aromatic heterocycles. The van der Waals surface area contributed by atoms with E-state index in [0.717, 1.165) is 58.3 Å². The summed E-state index contributed by atoms with van der Waals surface area (Å²) in [6.45, 7) is 5.35. The van der Waals surface area contributed by atoms with Crippen molar-refractivity contribution in [2.45, 2.75) is 64.5 Å². The van der Waals surface area contributed by atoms with E-state index < -0.39 is 0 Å². The van der Waals surface area contributed by atoms with Crippen LogP contribution in [0.2, 0.25) is 0 Å². The molecule has 7 nitrogen and oxygen atoms in total. The Kier molecular flexibility index (Phi) is 6.04. The smallest absolute Gasteiger partial charge is 0.222 e. The number of unbranched alkanes of at least 4 members (excludes halogenated alkanes) is 1. The Labute approximate surface area is 149 Å². The number of aromatic nitrogens is 3. The molecule has 2 atom stereocenters. The Morgan fingerprint density at radius 3 is 2.92 bits per heavy atom. The van der Waals surface area contributed by atoms with Crippen molar-refractivity contribution in [3.63, 3.8) is 0 Å². The van der Waals surface area contributed by atoms with Crippen LogP contribution >= 0.6 is 0 Å². The summed E-state index contributed by atoms with van der Waals surface area (Å²) < 4.78 is 1.76. The van der Waals surface area contributed by atoms with Gasteiger partial charge in [0.1, 0.15) is 12.7 Å². The highest BCUT2D eigenvalue weighted by molar-refractivity contribution is 5.78. The predicted molar refractivity (Wildman–Crippen MR) is 93.6 cm³/mol. The number of carbonyl (C=O) groups excluding carboxylic acids is 2. The summed E-state index contributed by atoms with van der Waals surface area (Å²) in [6.07, 6.45) is 9.20. The Bertz CT molecular complexity index is 574. The fourth-order valence-electron chi connectivity index (χ4n) is 4.10. The summed E-state index contributed by atoms with van der Waals surface area (Å²) in [7, 11) is 0. The third-order valence-corrected chi connectivity index (χ3v) is 5.49. The lowest BCUT2D eigenvalue weighted by molar-refractivity contribution is -0.144. The van der Waals surface area contributed by atoms with Gasteiger partial charge in [0.05, 0.1) is 0 Å². The number of likely N-dealkylation sites (tertiary alicyclic amines) is 2. The molecule has 0 saturated carbocycles. The second kappa shape index (κ2) is 8.45. The molecule has 1 aromatic rings. The van der Waals surface area contributed by atoms with Crippen LogP contribution < -0.4 is 0 Å². The average Bonchev–Trinajstić information content (AvgIpc) is 3.14. The van der Waals surface area contributed by atoms with E-state index in [0.29, 0.717) is 30.7 Å². The molecular formula is C18H29N5O2. The summed E-state index contributed by atoms with van der Waals surface area (Å²) in [4.78, 5) is 32.8. The molecule has 3 rings (SSSR count). The molecule has 2 fully saturated rings. The summed E-state index contributed by atoms with van der Waals surface area (Å²) >= 11 is 0. The molecule has 25 heavy (non-hydrogen) atoms. The van der Waals surface area contributed by atoms with E-state index in [1.807, 2.05) is 4.90 Å². The van der Waals surface area contributed by atoms with Gasteiger partial charge in [-0.25, -0.2) is 4.98 Å². The fourth-order valence-corrected chi connectivity index (χ4v) is 4.10. The zero-order valence-corrected chi connectivity index (χ0v) is 15.1. The van der Waals surface area contributed by atoms with Crippen molar-refractivity contribution in [2.24, 2.45) is 5.92 Å². The Morgan fingerprint density at radius 1 is 1.28 bits per heavy atom. The fraction of sp³-hybridized carbons (Fsp3) is 0.778. The van der Waals surface area contributed by atoms with Crippen molar-refractivity contribution in [3.8, 4) is 0 Å². The molecule has 0 bridgehead atoms. The quantitative estimate of drug-likeness (QED) is 0.753. The number of hydrogen-bond acceptors (Lipinski definition) is 4. The first kappa shape index (κ1) is 17.9. The van der Waals surface area contributed by atoms with Crippen molar-refractivity contribution in [2.75, 3.05) is 19.6 Å². The number of piperidine rings is 2. The maximum absolute atomic E-state index is 12.5. The topological polar surface area (TPSA) is 71.3 Å². The molecule has 2 saturated heterocycles. The number of rotatable bonds is 7. The van der Waals surface area contributed by atoms with Crippen molar-refractivity contribution < 1.29 is 9.59 Å². The highest BCUT2D eigenvalue weighted by Crippen LogP contribution is 2.31. The monoisotopic (exact) mass is 347 g/mol. The molecule has 138 valence electrons. The van der Waals surface area contributed by atoms with Crippen LogP contribution in [0.5, 0.6) is 0 Å². The van der Waals surface area contributed by atoms with E-state index >= 15 is 0 Å². The summed E-state index contributed by atoms with van der Waals surface area (Å²) in [6, 6.07) is 0.340. The van der Waals surface area contributed by atoms with Crippen LogP contribution in [0.1, 0.15) is 51.9 Å². The summed E-state index contributed by atoms with van der Waals surface area (Å²) in [5.74, 6) is 0.987. The summed E-state index contributed by atoms with van der Waals surface area (Å²) in [5.41, 5.74) is 0. The van der Waals surface area contributed by atoms with Gasteiger partial charge in [0.15, 0.2) is 0 Å². The molecule has 2 aliphatic rings. The van der Waals surface area contributed by atoms with E-state index in [9.17, 15) is 9.59 Å². The minimum atomic E-state index is 0.232. The minimum absolute atomic E-state index is 0.232.